The largest absolute Gasteiger partial charge is 0.316 e. The lowest BCUT2D eigenvalue weighted by atomic mass is 9.72. The molecule has 7 heteroatoms. The summed E-state index contributed by atoms with van der Waals surface area (Å²) < 4.78 is 0. The van der Waals surface area contributed by atoms with Gasteiger partial charge in [0.2, 0.25) is 5.91 Å². The Bertz CT molecular complexity index is 1210. The molecule has 0 spiro atoms. The van der Waals surface area contributed by atoms with Crippen LogP contribution >= 0.6 is 23.1 Å². The minimum Gasteiger partial charge on any atom is -0.316 e. The Morgan fingerprint density at radius 2 is 2.03 bits per heavy atom. The van der Waals surface area contributed by atoms with Crippen LogP contribution in [-0.2, 0) is 17.6 Å². The number of thioether (sulfide) groups is 1. The van der Waals surface area contributed by atoms with Crippen LogP contribution < -0.4 is 5.32 Å². The quantitative estimate of drug-likeness (QED) is 0.347. The maximum Gasteiger partial charge on any atom is 0.235 e. The van der Waals surface area contributed by atoms with Crippen molar-refractivity contribution in [2.75, 3.05) is 11.1 Å². The highest BCUT2D eigenvalue weighted by Crippen LogP contribution is 2.44. The smallest absolute Gasteiger partial charge is 0.235 e. The molecule has 0 fully saturated rings. The van der Waals surface area contributed by atoms with E-state index in [9.17, 15) is 10.1 Å². The molecular formula is C26H28N4OS2. The fraction of sp³-hybridized carbons (Fsp3) is 0.385. The van der Waals surface area contributed by atoms with Crippen LogP contribution in [0.3, 0.4) is 0 Å². The van der Waals surface area contributed by atoms with E-state index in [2.05, 4.69) is 42.1 Å². The second kappa shape index (κ2) is 9.66. The number of carbonyl (C=O) groups excluding carboxylic acids is 1. The van der Waals surface area contributed by atoms with E-state index in [1.165, 1.54) is 16.6 Å². The molecule has 0 bridgehead atoms. The Hall–Kier alpha value is -2.69. The van der Waals surface area contributed by atoms with Crippen LogP contribution in [0.2, 0.25) is 0 Å². The summed E-state index contributed by atoms with van der Waals surface area (Å²) in [4.78, 5) is 23.1. The van der Waals surface area contributed by atoms with Crippen LogP contribution in [0, 0.1) is 29.6 Å². The number of nitrogens with one attached hydrogen (secondary N) is 1. The third-order valence-corrected chi connectivity index (χ3v) is 8.11. The first kappa shape index (κ1) is 23.5. The summed E-state index contributed by atoms with van der Waals surface area (Å²) in [5.41, 5.74) is 4.72. The molecule has 3 aromatic rings. The van der Waals surface area contributed by atoms with Gasteiger partial charge in [-0.15, -0.1) is 11.3 Å². The SMILES string of the molecule is Cc1cc(-c2ccccc2)nc(SCC(=O)Nc2sc3c(c2C#N)CC[C@@H](C(C)(C)C)C3)n1. The highest BCUT2D eigenvalue weighted by Gasteiger charge is 2.32. The summed E-state index contributed by atoms with van der Waals surface area (Å²) in [6.45, 7) is 8.76. The lowest BCUT2D eigenvalue weighted by molar-refractivity contribution is -0.113. The van der Waals surface area contributed by atoms with Crippen LogP contribution in [0.15, 0.2) is 41.6 Å². The number of thiophene rings is 1. The number of benzene rings is 1. The van der Waals surface area contributed by atoms with Crippen LogP contribution in [0.25, 0.3) is 11.3 Å². The molecule has 0 unspecified atom stereocenters. The minimum absolute atomic E-state index is 0.145. The number of nitriles is 1. The van der Waals surface area contributed by atoms with E-state index in [-0.39, 0.29) is 17.1 Å². The van der Waals surface area contributed by atoms with Crippen LogP contribution in [-0.4, -0.2) is 21.6 Å². The molecule has 1 atom stereocenters. The second-order valence-electron chi connectivity index (χ2n) is 9.51. The third kappa shape index (κ3) is 5.45. The number of aryl methyl sites for hydroxylation is 1. The number of hydrogen-bond acceptors (Lipinski definition) is 6. The molecule has 2 aromatic heterocycles. The maximum atomic E-state index is 12.7. The van der Waals surface area contributed by atoms with E-state index in [0.29, 0.717) is 21.6 Å². The first-order valence-corrected chi connectivity index (χ1v) is 12.9. The van der Waals surface area contributed by atoms with Gasteiger partial charge >= 0.3 is 0 Å². The summed E-state index contributed by atoms with van der Waals surface area (Å²) in [6.07, 6.45) is 2.96. The first-order chi connectivity index (χ1) is 15.7. The molecule has 0 radical (unpaired) electrons. The van der Waals surface area contributed by atoms with Gasteiger partial charge in [0.05, 0.1) is 17.0 Å². The topological polar surface area (TPSA) is 78.7 Å². The summed E-state index contributed by atoms with van der Waals surface area (Å²) in [7, 11) is 0. The molecule has 170 valence electrons. The molecular weight excluding hydrogens is 448 g/mol. The zero-order valence-electron chi connectivity index (χ0n) is 19.4. The van der Waals surface area contributed by atoms with Crippen molar-refractivity contribution < 1.29 is 4.79 Å². The van der Waals surface area contributed by atoms with E-state index in [1.807, 2.05) is 43.3 Å². The normalized spacial score (nSPS) is 15.5. The molecule has 0 saturated carbocycles. The lowest BCUT2D eigenvalue weighted by Gasteiger charge is -2.33. The van der Waals surface area contributed by atoms with E-state index < -0.39 is 0 Å². The minimum atomic E-state index is -0.145. The van der Waals surface area contributed by atoms with Gasteiger partial charge in [-0.1, -0.05) is 62.9 Å². The van der Waals surface area contributed by atoms with Crippen molar-refractivity contribution >= 4 is 34.0 Å². The average Bonchev–Trinajstić information content (AvgIpc) is 3.13. The van der Waals surface area contributed by atoms with Gasteiger partial charge in [0.25, 0.3) is 0 Å². The molecule has 4 rings (SSSR count). The van der Waals surface area contributed by atoms with Crippen LogP contribution in [0.1, 0.15) is 48.9 Å². The van der Waals surface area contributed by atoms with Gasteiger partial charge in [0.15, 0.2) is 5.16 Å². The number of fused-ring (bicyclic) bond motifs is 1. The Balaban J connectivity index is 1.45. The fourth-order valence-electron chi connectivity index (χ4n) is 4.19. The fourth-order valence-corrected chi connectivity index (χ4v) is 6.18. The highest BCUT2D eigenvalue weighted by atomic mass is 32.2. The molecule has 0 aliphatic heterocycles. The van der Waals surface area contributed by atoms with Gasteiger partial charge in [-0.3, -0.25) is 4.79 Å². The van der Waals surface area contributed by atoms with E-state index in [0.717, 1.165) is 41.8 Å². The number of anilines is 1. The van der Waals surface area contributed by atoms with Crippen molar-refractivity contribution in [3.05, 3.63) is 58.1 Å². The van der Waals surface area contributed by atoms with Gasteiger partial charge in [0.1, 0.15) is 11.1 Å². The number of carbonyl (C=O) groups is 1. The predicted octanol–water partition coefficient (Wildman–Crippen LogP) is 6.27. The Morgan fingerprint density at radius 1 is 1.27 bits per heavy atom. The molecule has 1 amide bonds. The summed E-state index contributed by atoms with van der Waals surface area (Å²) in [5.74, 6) is 0.635. The summed E-state index contributed by atoms with van der Waals surface area (Å²) in [5, 5.41) is 14.0. The first-order valence-electron chi connectivity index (χ1n) is 11.1. The van der Waals surface area contributed by atoms with Crippen molar-refractivity contribution in [1.29, 1.82) is 5.26 Å². The maximum absolute atomic E-state index is 12.7. The number of rotatable bonds is 5. The van der Waals surface area contributed by atoms with Gasteiger partial charge in [-0.25, -0.2) is 9.97 Å². The predicted molar refractivity (Wildman–Crippen MR) is 136 cm³/mol. The van der Waals surface area contributed by atoms with Crippen molar-refractivity contribution in [1.82, 2.24) is 9.97 Å². The zero-order chi connectivity index (χ0) is 23.6. The molecule has 5 nitrogen and oxygen atoms in total. The van der Waals surface area contributed by atoms with Gasteiger partial charge in [-0.2, -0.15) is 5.26 Å². The van der Waals surface area contributed by atoms with E-state index in [1.54, 1.807) is 11.3 Å². The van der Waals surface area contributed by atoms with Crippen molar-refractivity contribution in [2.45, 2.75) is 52.1 Å². The number of aromatic nitrogens is 2. The summed E-state index contributed by atoms with van der Waals surface area (Å²) >= 11 is 2.87. The van der Waals surface area contributed by atoms with Gasteiger partial charge in [-0.05, 0) is 49.1 Å². The van der Waals surface area contributed by atoms with Crippen LogP contribution in [0.5, 0.6) is 0 Å². The molecule has 1 N–H and O–H groups in total. The Morgan fingerprint density at radius 3 is 2.73 bits per heavy atom. The molecule has 33 heavy (non-hydrogen) atoms. The molecule has 2 heterocycles. The lowest BCUT2D eigenvalue weighted by Crippen LogP contribution is -2.26. The number of amides is 1. The van der Waals surface area contributed by atoms with Crippen LogP contribution in [0.4, 0.5) is 5.00 Å². The van der Waals surface area contributed by atoms with Crippen molar-refractivity contribution in [2.24, 2.45) is 11.3 Å². The Kier molecular flexibility index (Phi) is 6.87. The van der Waals surface area contributed by atoms with E-state index >= 15 is 0 Å². The number of nitrogens with zero attached hydrogens (tertiary/aromatic N) is 3. The van der Waals surface area contributed by atoms with Gasteiger partial charge in [0, 0.05) is 16.1 Å². The number of hydrogen-bond donors (Lipinski definition) is 1. The highest BCUT2D eigenvalue weighted by molar-refractivity contribution is 7.99. The standard InChI is InChI=1S/C26H28N4OS2/c1-16-12-21(17-8-6-5-7-9-17)29-25(28-16)32-15-23(31)30-24-20(14-27)19-11-10-18(26(2,3)4)13-22(19)33-24/h5-9,12,18H,10-11,13,15H2,1-4H3,(H,30,31)/t18-/m1/s1. The monoisotopic (exact) mass is 476 g/mol. The molecule has 1 aromatic carbocycles. The third-order valence-electron chi connectivity index (χ3n) is 6.09. The molecule has 1 aliphatic rings. The van der Waals surface area contributed by atoms with Crippen molar-refractivity contribution in [3.63, 3.8) is 0 Å². The zero-order valence-corrected chi connectivity index (χ0v) is 21.1. The molecule has 0 saturated heterocycles. The van der Waals surface area contributed by atoms with E-state index in [4.69, 9.17) is 0 Å². The second-order valence-corrected chi connectivity index (χ2v) is 11.6. The average molecular weight is 477 g/mol. The summed E-state index contributed by atoms with van der Waals surface area (Å²) in [6, 6.07) is 14.2. The van der Waals surface area contributed by atoms with Crippen molar-refractivity contribution in [3.8, 4) is 17.3 Å². The Labute approximate surface area is 203 Å². The van der Waals surface area contributed by atoms with Gasteiger partial charge < -0.3 is 5.32 Å². The molecule has 1 aliphatic carbocycles.